The molecule has 0 aromatic carbocycles. The van der Waals surface area contributed by atoms with E-state index in [9.17, 15) is 0 Å². The summed E-state index contributed by atoms with van der Waals surface area (Å²) in [6, 6.07) is 1.33. The van der Waals surface area contributed by atoms with Gasteiger partial charge in [0.25, 0.3) is 0 Å². The quantitative estimate of drug-likeness (QED) is 0.287. The van der Waals surface area contributed by atoms with Crippen LogP contribution in [0.3, 0.4) is 0 Å². The second kappa shape index (κ2) is 10.8. The molecule has 0 bridgehead atoms. The summed E-state index contributed by atoms with van der Waals surface area (Å²) < 4.78 is 0. The third kappa shape index (κ3) is 11.9. The minimum absolute atomic E-state index is 1.04. The van der Waals surface area contributed by atoms with Crippen LogP contribution in [0.1, 0.15) is 52.4 Å². The Hall–Kier alpha value is -0.373. The van der Waals surface area contributed by atoms with E-state index in [0.717, 1.165) is 6.54 Å². The Balaban J connectivity index is 3.42. The van der Waals surface area contributed by atoms with E-state index in [1.807, 2.05) is 0 Å². The molecular weight excluding hydrogens is 222 g/mol. The third-order valence-electron chi connectivity index (χ3n) is 3.06. The Kier molecular flexibility index (Phi) is 10.5. The zero-order valence-electron chi connectivity index (χ0n) is 12.3. The second-order valence-electron chi connectivity index (χ2n) is 5.53. The van der Waals surface area contributed by atoms with E-state index in [1.54, 1.807) is 0 Å². The van der Waals surface area contributed by atoms with Crippen molar-refractivity contribution in [3.05, 3.63) is 11.8 Å². The van der Waals surface area contributed by atoms with Gasteiger partial charge >= 0.3 is 0 Å². The predicted octanol–water partition coefficient (Wildman–Crippen LogP) is 5.24. The molecular formula is C15H31NSi. The lowest BCUT2D eigenvalue weighted by Gasteiger charge is -2.15. The average Bonchev–Trinajstić information content (AvgIpc) is 2.27. The summed E-state index contributed by atoms with van der Waals surface area (Å²) in [4.78, 5) is 4.51. The second-order valence-corrected chi connectivity index (χ2v) is 10.3. The van der Waals surface area contributed by atoms with Crippen LogP contribution in [0.25, 0.3) is 0 Å². The predicted molar refractivity (Wildman–Crippen MR) is 83.8 cm³/mol. The highest BCUT2D eigenvalue weighted by molar-refractivity contribution is 6.82. The smallest absolute Gasteiger partial charge is 0.0716 e. The molecule has 17 heavy (non-hydrogen) atoms. The van der Waals surface area contributed by atoms with Gasteiger partial charge in [-0.25, -0.2) is 0 Å². The summed E-state index contributed by atoms with van der Waals surface area (Å²) in [6.45, 7) is 10.3. The molecule has 0 saturated carbocycles. The van der Waals surface area contributed by atoms with Crippen molar-refractivity contribution < 1.29 is 0 Å². The van der Waals surface area contributed by atoms with Gasteiger partial charge in [-0.3, -0.25) is 4.99 Å². The van der Waals surface area contributed by atoms with Crippen molar-refractivity contribution in [2.75, 3.05) is 6.54 Å². The average molecular weight is 254 g/mol. The van der Waals surface area contributed by atoms with Crippen molar-refractivity contribution in [1.82, 2.24) is 0 Å². The maximum atomic E-state index is 4.51. The molecule has 0 amide bonds. The number of hydrogen-bond donors (Lipinski definition) is 0. The van der Waals surface area contributed by atoms with E-state index < -0.39 is 8.07 Å². The molecule has 0 aliphatic carbocycles. The van der Waals surface area contributed by atoms with Gasteiger partial charge in [0.2, 0.25) is 0 Å². The van der Waals surface area contributed by atoms with Crippen LogP contribution >= 0.6 is 0 Å². The van der Waals surface area contributed by atoms with Crippen LogP contribution in [0.5, 0.6) is 0 Å². The SMILES string of the molecule is CC=C[Si](C)(C)CCC=NCCCCCCC. The first-order valence-corrected chi connectivity index (χ1v) is 10.5. The van der Waals surface area contributed by atoms with Crippen LogP contribution in [0.15, 0.2) is 16.8 Å². The van der Waals surface area contributed by atoms with E-state index in [4.69, 9.17) is 0 Å². The van der Waals surface area contributed by atoms with Gasteiger partial charge in [0.05, 0.1) is 8.07 Å². The fourth-order valence-corrected chi connectivity index (χ4v) is 3.90. The summed E-state index contributed by atoms with van der Waals surface area (Å²) in [6.07, 6.45) is 12.2. The molecule has 0 aromatic heterocycles. The molecule has 0 N–H and O–H groups in total. The van der Waals surface area contributed by atoms with Gasteiger partial charge in [0.1, 0.15) is 0 Å². The van der Waals surface area contributed by atoms with E-state index in [-0.39, 0.29) is 0 Å². The van der Waals surface area contributed by atoms with Gasteiger partial charge < -0.3 is 0 Å². The standard InChI is InChI=1S/C15H31NSi/c1-5-7-8-9-10-12-16-13-11-15-17(3,4)14-6-2/h6,13-14H,5,7-12,15H2,1-4H3. The third-order valence-corrected chi connectivity index (χ3v) is 5.87. The van der Waals surface area contributed by atoms with Gasteiger partial charge in [0, 0.05) is 6.54 Å². The van der Waals surface area contributed by atoms with Crippen LogP contribution in [0.2, 0.25) is 19.1 Å². The number of nitrogens with zero attached hydrogens (tertiary/aromatic N) is 1. The molecule has 0 heterocycles. The highest BCUT2D eigenvalue weighted by Crippen LogP contribution is 2.12. The molecule has 0 aliphatic rings. The van der Waals surface area contributed by atoms with Crippen molar-refractivity contribution in [3.8, 4) is 0 Å². The Morgan fingerprint density at radius 3 is 2.41 bits per heavy atom. The van der Waals surface area contributed by atoms with Crippen molar-refractivity contribution in [2.24, 2.45) is 4.99 Å². The molecule has 0 aromatic rings. The van der Waals surface area contributed by atoms with Gasteiger partial charge in [0.15, 0.2) is 0 Å². The number of aliphatic imine (C=N–C) groups is 1. The van der Waals surface area contributed by atoms with E-state index in [0.29, 0.717) is 0 Å². The molecule has 2 heteroatoms. The molecule has 0 radical (unpaired) electrons. The molecule has 100 valence electrons. The monoisotopic (exact) mass is 253 g/mol. The van der Waals surface area contributed by atoms with Crippen molar-refractivity contribution >= 4 is 14.3 Å². The van der Waals surface area contributed by atoms with Crippen LogP contribution in [-0.2, 0) is 0 Å². The minimum Gasteiger partial charge on any atom is -0.298 e. The Morgan fingerprint density at radius 1 is 1.06 bits per heavy atom. The van der Waals surface area contributed by atoms with Crippen molar-refractivity contribution in [1.29, 1.82) is 0 Å². The summed E-state index contributed by atoms with van der Waals surface area (Å²) >= 11 is 0. The van der Waals surface area contributed by atoms with E-state index in [2.05, 4.69) is 49.9 Å². The molecule has 0 unspecified atom stereocenters. The first kappa shape index (κ1) is 16.6. The highest BCUT2D eigenvalue weighted by atomic mass is 28.3. The lowest BCUT2D eigenvalue weighted by Crippen LogP contribution is -2.21. The van der Waals surface area contributed by atoms with Crippen LogP contribution in [-0.4, -0.2) is 20.8 Å². The normalized spacial score (nSPS) is 12.9. The summed E-state index contributed by atoms with van der Waals surface area (Å²) in [5.74, 6) is 0. The maximum Gasteiger partial charge on any atom is 0.0716 e. The Morgan fingerprint density at radius 2 is 1.76 bits per heavy atom. The summed E-state index contributed by atoms with van der Waals surface area (Å²) in [5, 5.41) is 0. The topological polar surface area (TPSA) is 12.4 Å². The lowest BCUT2D eigenvalue weighted by atomic mass is 10.2. The Bertz CT molecular complexity index is 219. The molecule has 0 rings (SSSR count). The number of rotatable bonds is 10. The molecule has 0 aliphatic heterocycles. The van der Waals surface area contributed by atoms with Crippen molar-refractivity contribution in [3.63, 3.8) is 0 Å². The zero-order chi connectivity index (χ0) is 13.0. The van der Waals surface area contributed by atoms with Gasteiger partial charge in [-0.05, 0) is 32.0 Å². The fraction of sp³-hybridized carbons (Fsp3) is 0.800. The molecule has 0 spiro atoms. The van der Waals surface area contributed by atoms with Gasteiger partial charge in [-0.15, -0.1) is 0 Å². The van der Waals surface area contributed by atoms with Crippen LogP contribution < -0.4 is 0 Å². The van der Waals surface area contributed by atoms with E-state index in [1.165, 1.54) is 44.6 Å². The van der Waals surface area contributed by atoms with Crippen molar-refractivity contribution in [2.45, 2.75) is 71.5 Å². The van der Waals surface area contributed by atoms with Gasteiger partial charge in [-0.2, -0.15) is 0 Å². The zero-order valence-corrected chi connectivity index (χ0v) is 13.3. The maximum absolute atomic E-state index is 4.51. The highest BCUT2D eigenvalue weighted by Gasteiger charge is 2.14. The fourth-order valence-electron chi connectivity index (χ4n) is 1.96. The minimum atomic E-state index is -1.06. The van der Waals surface area contributed by atoms with E-state index >= 15 is 0 Å². The number of unbranched alkanes of at least 4 members (excludes halogenated alkanes) is 4. The molecule has 0 fully saturated rings. The summed E-state index contributed by atoms with van der Waals surface area (Å²) in [5.41, 5.74) is 2.42. The lowest BCUT2D eigenvalue weighted by molar-refractivity contribution is 0.639. The van der Waals surface area contributed by atoms with Crippen LogP contribution in [0.4, 0.5) is 0 Å². The largest absolute Gasteiger partial charge is 0.298 e. The first-order valence-electron chi connectivity index (χ1n) is 7.24. The van der Waals surface area contributed by atoms with Crippen LogP contribution in [0, 0.1) is 0 Å². The first-order chi connectivity index (χ1) is 8.12. The molecule has 0 atom stereocenters. The summed E-state index contributed by atoms with van der Waals surface area (Å²) in [7, 11) is -1.06. The number of allylic oxidation sites excluding steroid dienone is 1. The molecule has 0 saturated heterocycles. The Labute approximate surface area is 109 Å². The number of hydrogen-bond acceptors (Lipinski definition) is 1. The van der Waals surface area contributed by atoms with Gasteiger partial charge in [-0.1, -0.05) is 57.5 Å². The molecule has 1 nitrogen and oxygen atoms in total.